The Bertz CT molecular complexity index is 634. The zero-order valence-corrected chi connectivity index (χ0v) is 11.4. The Balaban J connectivity index is 2.44. The van der Waals surface area contributed by atoms with Gasteiger partial charge in [0.25, 0.3) is 0 Å². The average Bonchev–Trinajstić information content (AvgIpc) is 2.46. The number of benzene rings is 2. The minimum absolute atomic E-state index is 0.155. The predicted octanol–water partition coefficient (Wildman–Crippen LogP) is 4.46. The first-order chi connectivity index (χ1) is 9.82. The number of nitrogens with two attached hydrogens (primary N) is 1. The molecular formula is C16H15F4N. The zero-order valence-electron chi connectivity index (χ0n) is 11.4. The smallest absolute Gasteiger partial charge is 0.320 e. The highest BCUT2D eigenvalue weighted by molar-refractivity contribution is 5.37. The SMILES string of the molecule is CCc1cccc(C(N)c2cc(C(F)(F)F)ccc2F)c1. The fourth-order valence-corrected chi connectivity index (χ4v) is 2.14. The molecule has 2 rings (SSSR count). The molecule has 0 aliphatic rings. The van der Waals surface area contributed by atoms with E-state index in [4.69, 9.17) is 5.73 Å². The quantitative estimate of drug-likeness (QED) is 0.832. The van der Waals surface area contributed by atoms with Gasteiger partial charge in [0.1, 0.15) is 5.82 Å². The van der Waals surface area contributed by atoms with Crippen molar-refractivity contribution in [3.05, 3.63) is 70.5 Å². The Labute approximate surface area is 120 Å². The van der Waals surface area contributed by atoms with Crippen molar-refractivity contribution in [2.45, 2.75) is 25.6 Å². The molecule has 5 heteroatoms. The van der Waals surface area contributed by atoms with Gasteiger partial charge >= 0.3 is 6.18 Å². The van der Waals surface area contributed by atoms with Crippen LogP contribution in [0.4, 0.5) is 17.6 Å². The third-order valence-electron chi connectivity index (χ3n) is 3.38. The number of aryl methyl sites for hydroxylation is 1. The van der Waals surface area contributed by atoms with E-state index in [1.165, 1.54) is 0 Å². The number of alkyl halides is 3. The first-order valence-corrected chi connectivity index (χ1v) is 6.54. The van der Waals surface area contributed by atoms with Crippen LogP contribution < -0.4 is 5.73 Å². The van der Waals surface area contributed by atoms with Gasteiger partial charge in [-0.1, -0.05) is 31.2 Å². The molecule has 1 atom stereocenters. The molecule has 0 aliphatic heterocycles. The topological polar surface area (TPSA) is 26.0 Å². The van der Waals surface area contributed by atoms with Crippen LogP contribution in [0.3, 0.4) is 0 Å². The summed E-state index contributed by atoms with van der Waals surface area (Å²) in [4.78, 5) is 0. The van der Waals surface area contributed by atoms with Crippen molar-refractivity contribution >= 4 is 0 Å². The standard InChI is InChI=1S/C16H15F4N/c1-2-10-4-3-5-11(8-10)15(21)13-9-12(16(18,19)20)6-7-14(13)17/h3-9,15H,2,21H2,1H3. The molecule has 0 fully saturated rings. The van der Waals surface area contributed by atoms with Crippen LogP contribution in [-0.4, -0.2) is 0 Å². The number of rotatable bonds is 3. The molecule has 21 heavy (non-hydrogen) atoms. The Kier molecular flexibility index (Phi) is 4.32. The van der Waals surface area contributed by atoms with Crippen molar-refractivity contribution < 1.29 is 17.6 Å². The minimum Gasteiger partial charge on any atom is -0.320 e. The maximum atomic E-state index is 13.8. The second-order valence-electron chi connectivity index (χ2n) is 4.81. The molecule has 0 aromatic heterocycles. The van der Waals surface area contributed by atoms with E-state index >= 15 is 0 Å². The molecule has 0 saturated carbocycles. The summed E-state index contributed by atoms with van der Waals surface area (Å²) in [6.07, 6.45) is -3.75. The van der Waals surface area contributed by atoms with Crippen LogP contribution in [-0.2, 0) is 12.6 Å². The van der Waals surface area contributed by atoms with E-state index in [0.29, 0.717) is 11.6 Å². The monoisotopic (exact) mass is 297 g/mol. The minimum atomic E-state index is -4.52. The summed E-state index contributed by atoms with van der Waals surface area (Å²) >= 11 is 0. The van der Waals surface area contributed by atoms with Gasteiger partial charge in [-0.25, -0.2) is 4.39 Å². The van der Waals surface area contributed by atoms with Crippen molar-refractivity contribution in [3.63, 3.8) is 0 Å². The van der Waals surface area contributed by atoms with E-state index in [-0.39, 0.29) is 5.56 Å². The number of halogens is 4. The van der Waals surface area contributed by atoms with Gasteiger partial charge in [-0.2, -0.15) is 13.2 Å². The maximum Gasteiger partial charge on any atom is 0.416 e. The highest BCUT2D eigenvalue weighted by atomic mass is 19.4. The first-order valence-electron chi connectivity index (χ1n) is 6.54. The summed E-state index contributed by atoms with van der Waals surface area (Å²) in [6, 6.07) is 8.49. The fourth-order valence-electron chi connectivity index (χ4n) is 2.14. The summed E-state index contributed by atoms with van der Waals surface area (Å²) in [7, 11) is 0. The van der Waals surface area contributed by atoms with Gasteiger partial charge in [-0.15, -0.1) is 0 Å². The normalized spacial score (nSPS) is 13.2. The van der Waals surface area contributed by atoms with Crippen molar-refractivity contribution in [2.75, 3.05) is 0 Å². The second kappa shape index (κ2) is 5.85. The highest BCUT2D eigenvalue weighted by Gasteiger charge is 2.31. The summed E-state index contributed by atoms with van der Waals surface area (Å²) in [6.45, 7) is 1.95. The molecule has 0 spiro atoms. The third-order valence-corrected chi connectivity index (χ3v) is 3.38. The van der Waals surface area contributed by atoms with Crippen LogP contribution in [0.1, 0.15) is 35.2 Å². The molecule has 0 aliphatic carbocycles. The zero-order chi connectivity index (χ0) is 15.6. The molecule has 0 saturated heterocycles. The van der Waals surface area contributed by atoms with E-state index in [9.17, 15) is 17.6 Å². The molecular weight excluding hydrogens is 282 g/mol. The van der Waals surface area contributed by atoms with Crippen LogP contribution in [0.2, 0.25) is 0 Å². The molecule has 1 unspecified atom stereocenters. The summed E-state index contributed by atoms with van der Waals surface area (Å²) in [5.74, 6) is -0.739. The third kappa shape index (κ3) is 3.42. The predicted molar refractivity (Wildman–Crippen MR) is 73.3 cm³/mol. The summed E-state index contributed by atoms with van der Waals surface area (Å²) in [5, 5.41) is 0. The van der Waals surface area contributed by atoms with Gasteiger partial charge in [0.2, 0.25) is 0 Å². The molecule has 2 aromatic rings. The summed E-state index contributed by atoms with van der Waals surface area (Å²) in [5.41, 5.74) is 6.48. The Hall–Kier alpha value is -1.88. The van der Waals surface area contributed by atoms with E-state index in [1.807, 2.05) is 13.0 Å². The van der Waals surface area contributed by atoms with Gasteiger partial charge in [0.05, 0.1) is 11.6 Å². The Morgan fingerprint density at radius 2 is 1.81 bits per heavy atom. The molecule has 112 valence electrons. The lowest BCUT2D eigenvalue weighted by molar-refractivity contribution is -0.137. The number of hydrogen-bond acceptors (Lipinski definition) is 1. The van der Waals surface area contributed by atoms with E-state index < -0.39 is 23.6 Å². The highest BCUT2D eigenvalue weighted by Crippen LogP contribution is 2.32. The Morgan fingerprint density at radius 3 is 2.43 bits per heavy atom. The van der Waals surface area contributed by atoms with Crippen LogP contribution in [0.15, 0.2) is 42.5 Å². The van der Waals surface area contributed by atoms with E-state index in [1.54, 1.807) is 18.2 Å². The molecule has 2 aromatic carbocycles. The van der Waals surface area contributed by atoms with Gasteiger partial charge < -0.3 is 5.73 Å². The van der Waals surface area contributed by atoms with Crippen molar-refractivity contribution in [3.8, 4) is 0 Å². The molecule has 0 heterocycles. The van der Waals surface area contributed by atoms with Crippen LogP contribution in [0.25, 0.3) is 0 Å². The second-order valence-corrected chi connectivity index (χ2v) is 4.81. The largest absolute Gasteiger partial charge is 0.416 e. The first kappa shape index (κ1) is 15.5. The lowest BCUT2D eigenvalue weighted by Crippen LogP contribution is -2.16. The van der Waals surface area contributed by atoms with Gasteiger partial charge in [0.15, 0.2) is 0 Å². The van der Waals surface area contributed by atoms with Gasteiger partial charge in [0, 0.05) is 5.56 Å². The molecule has 0 radical (unpaired) electrons. The number of hydrogen-bond donors (Lipinski definition) is 1. The van der Waals surface area contributed by atoms with Crippen LogP contribution in [0, 0.1) is 5.82 Å². The van der Waals surface area contributed by atoms with Gasteiger partial charge in [-0.3, -0.25) is 0 Å². The van der Waals surface area contributed by atoms with Crippen LogP contribution in [0.5, 0.6) is 0 Å². The Morgan fingerprint density at radius 1 is 1.10 bits per heavy atom. The lowest BCUT2D eigenvalue weighted by Gasteiger charge is -2.16. The molecule has 2 N–H and O–H groups in total. The maximum absolute atomic E-state index is 13.8. The van der Waals surface area contributed by atoms with Crippen molar-refractivity contribution in [2.24, 2.45) is 5.73 Å². The molecule has 1 nitrogen and oxygen atoms in total. The average molecular weight is 297 g/mol. The van der Waals surface area contributed by atoms with E-state index in [2.05, 4.69) is 0 Å². The van der Waals surface area contributed by atoms with Crippen molar-refractivity contribution in [1.82, 2.24) is 0 Å². The molecule has 0 amide bonds. The van der Waals surface area contributed by atoms with Crippen molar-refractivity contribution in [1.29, 1.82) is 0 Å². The van der Waals surface area contributed by atoms with Crippen LogP contribution >= 0.6 is 0 Å². The lowest BCUT2D eigenvalue weighted by atomic mass is 9.95. The summed E-state index contributed by atoms with van der Waals surface area (Å²) < 4.78 is 52.0. The molecule has 0 bridgehead atoms. The fraction of sp³-hybridized carbons (Fsp3) is 0.250. The van der Waals surface area contributed by atoms with Gasteiger partial charge in [-0.05, 0) is 35.7 Å². The van der Waals surface area contributed by atoms with E-state index in [0.717, 1.165) is 24.1 Å².